The van der Waals surface area contributed by atoms with Gasteiger partial charge in [-0.05, 0) is 0 Å². The van der Waals surface area contributed by atoms with Crippen LogP contribution in [-0.2, 0) is 0 Å². The second-order valence-corrected chi connectivity index (χ2v) is 6.02. The van der Waals surface area contributed by atoms with E-state index in [1.54, 1.807) is 0 Å². The predicted molar refractivity (Wildman–Crippen MR) is 62.6 cm³/mol. The number of nitrogens with zero attached hydrogens (tertiary/aromatic N) is 2. The minimum absolute atomic E-state index is 0.00906. The quantitative estimate of drug-likeness (QED) is 0.561. The molecule has 0 radical (unpaired) electrons. The van der Waals surface area contributed by atoms with Crippen molar-refractivity contribution in [3.63, 3.8) is 0 Å². The van der Waals surface area contributed by atoms with E-state index in [-0.39, 0.29) is 15.3 Å². The van der Waals surface area contributed by atoms with Gasteiger partial charge in [-0.15, -0.1) is 0 Å². The van der Waals surface area contributed by atoms with Crippen molar-refractivity contribution in [2.45, 2.75) is 0 Å². The van der Waals surface area contributed by atoms with Crippen LogP contribution in [0.5, 0.6) is 0 Å². The first-order valence-electron chi connectivity index (χ1n) is 4.93. The normalized spacial score (nSPS) is 12.4. The van der Waals surface area contributed by atoms with E-state index in [4.69, 9.17) is 5.26 Å². The molecule has 16 heavy (non-hydrogen) atoms. The molecule has 1 aliphatic heterocycles. The number of benzene rings is 2. The summed E-state index contributed by atoms with van der Waals surface area (Å²) >= 11 is 0.00906. The summed E-state index contributed by atoms with van der Waals surface area (Å²) in [5.41, 5.74) is 1.74. The van der Waals surface area contributed by atoms with Crippen LogP contribution in [0, 0.1) is 15.3 Å². The van der Waals surface area contributed by atoms with Crippen LogP contribution in [0.15, 0.2) is 47.5 Å². The molecule has 1 aliphatic rings. The van der Waals surface area contributed by atoms with Gasteiger partial charge < -0.3 is 0 Å². The fourth-order valence-corrected chi connectivity index (χ4v) is 3.87. The Kier molecular flexibility index (Phi) is 2.20. The molecule has 3 rings (SSSR count). The van der Waals surface area contributed by atoms with Gasteiger partial charge in [0.25, 0.3) is 0 Å². The molecule has 0 N–H and O–H groups in total. The molecule has 0 aliphatic carbocycles. The summed E-state index contributed by atoms with van der Waals surface area (Å²) in [7, 11) is 0. The molecule has 0 atom stereocenters. The third kappa shape index (κ3) is 1.50. The van der Waals surface area contributed by atoms with E-state index in [9.17, 15) is 0 Å². The molecule has 2 aromatic carbocycles. The number of rotatable bonds is 0. The average molecular weight is 266 g/mol. The standard InChI is InChI=1S/C13H7AsN2/c15-8-9-5-6-11-13(7-9)16-12-4-2-1-3-10(12)14-11/h1-7H. The Labute approximate surface area is 99.1 Å². The molecule has 0 aromatic heterocycles. The van der Waals surface area contributed by atoms with E-state index in [0.29, 0.717) is 5.56 Å². The zero-order valence-electron chi connectivity index (χ0n) is 8.38. The van der Waals surface area contributed by atoms with Gasteiger partial charge >= 0.3 is 99.0 Å². The Hall–Kier alpha value is -1.71. The van der Waals surface area contributed by atoms with E-state index < -0.39 is 0 Å². The molecular formula is C13H7AsN2. The van der Waals surface area contributed by atoms with Gasteiger partial charge in [0, 0.05) is 0 Å². The van der Waals surface area contributed by atoms with E-state index >= 15 is 0 Å². The molecule has 2 nitrogen and oxygen atoms in total. The van der Waals surface area contributed by atoms with Crippen molar-refractivity contribution in [1.29, 1.82) is 5.26 Å². The molecule has 74 valence electrons. The molecule has 0 saturated heterocycles. The van der Waals surface area contributed by atoms with Crippen LogP contribution in [0.3, 0.4) is 0 Å². The van der Waals surface area contributed by atoms with Crippen LogP contribution in [0.4, 0.5) is 5.69 Å². The van der Waals surface area contributed by atoms with Crippen molar-refractivity contribution in [3.8, 4) is 6.07 Å². The van der Waals surface area contributed by atoms with Gasteiger partial charge in [-0.25, -0.2) is 0 Å². The summed E-state index contributed by atoms with van der Waals surface area (Å²) in [6, 6.07) is 16.2. The van der Waals surface area contributed by atoms with E-state index in [0.717, 1.165) is 11.0 Å². The molecule has 1 heterocycles. The topological polar surface area (TPSA) is 36.1 Å². The third-order valence-corrected chi connectivity index (χ3v) is 5.07. The zero-order valence-corrected chi connectivity index (χ0v) is 10.3. The van der Waals surface area contributed by atoms with Crippen LogP contribution in [-0.4, -0.2) is 15.3 Å². The summed E-state index contributed by atoms with van der Waals surface area (Å²) < 4.78 is 2.63. The maximum absolute atomic E-state index is 8.85. The van der Waals surface area contributed by atoms with Crippen LogP contribution in [0.25, 0.3) is 0 Å². The summed E-state index contributed by atoms with van der Waals surface area (Å²) in [4.78, 5) is 4.59. The number of hydrogen-bond acceptors (Lipinski definition) is 2. The summed E-state index contributed by atoms with van der Waals surface area (Å²) in [6.45, 7) is 0. The van der Waals surface area contributed by atoms with Gasteiger partial charge in [0.2, 0.25) is 0 Å². The number of hydrogen-bond donors (Lipinski definition) is 0. The van der Waals surface area contributed by atoms with Crippen molar-refractivity contribution < 1.29 is 0 Å². The van der Waals surface area contributed by atoms with Gasteiger partial charge in [0.15, 0.2) is 0 Å². The molecule has 2 aromatic rings. The SMILES string of the molecule is N#Cc1ccc2c(c1)=Nc1ccccc1[As]=2. The van der Waals surface area contributed by atoms with Gasteiger partial charge in [-0.2, -0.15) is 0 Å². The fourth-order valence-electron chi connectivity index (χ4n) is 1.69. The minimum atomic E-state index is 0.00906. The van der Waals surface area contributed by atoms with Crippen molar-refractivity contribution in [3.05, 3.63) is 57.3 Å². The molecule has 0 saturated carbocycles. The molecule has 0 unspecified atom stereocenters. The Morgan fingerprint density at radius 3 is 2.88 bits per heavy atom. The van der Waals surface area contributed by atoms with Crippen molar-refractivity contribution in [2.75, 3.05) is 0 Å². The summed E-state index contributed by atoms with van der Waals surface area (Å²) in [5, 5.41) is 9.82. The molecule has 0 spiro atoms. The van der Waals surface area contributed by atoms with E-state index in [2.05, 4.69) is 23.2 Å². The first-order valence-corrected chi connectivity index (χ1v) is 6.81. The van der Waals surface area contributed by atoms with E-state index in [1.165, 1.54) is 8.30 Å². The predicted octanol–water partition coefficient (Wildman–Crippen LogP) is 1.10. The number of nitriles is 1. The summed E-state index contributed by atoms with van der Waals surface area (Å²) in [6.07, 6.45) is 0. The van der Waals surface area contributed by atoms with E-state index in [1.807, 2.05) is 30.3 Å². The zero-order chi connectivity index (χ0) is 11.0. The first kappa shape index (κ1) is 9.51. The van der Waals surface area contributed by atoms with Gasteiger partial charge in [0.05, 0.1) is 0 Å². The molecular weight excluding hydrogens is 259 g/mol. The fraction of sp³-hybridized carbons (Fsp3) is 0. The Morgan fingerprint density at radius 1 is 1.12 bits per heavy atom. The van der Waals surface area contributed by atoms with Crippen LogP contribution in [0.1, 0.15) is 5.56 Å². The number of fused-ring (bicyclic) bond motifs is 2. The Morgan fingerprint density at radius 2 is 2.00 bits per heavy atom. The second-order valence-electron chi connectivity index (χ2n) is 3.53. The second kappa shape index (κ2) is 3.70. The summed E-state index contributed by atoms with van der Waals surface area (Å²) in [5.74, 6) is 0. The van der Waals surface area contributed by atoms with Crippen LogP contribution in [0.2, 0.25) is 0 Å². The van der Waals surface area contributed by atoms with Crippen molar-refractivity contribution in [1.82, 2.24) is 0 Å². The van der Waals surface area contributed by atoms with Crippen molar-refractivity contribution in [2.24, 2.45) is 4.99 Å². The third-order valence-electron chi connectivity index (χ3n) is 2.47. The Balaban J connectivity index is 2.35. The molecule has 3 heteroatoms. The Bertz CT molecular complexity index is 726. The average Bonchev–Trinajstić information content (AvgIpc) is 2.35. The monoisotopic (exact) mass is 266 g/mol. The molecule has 0 bridgehead atoms. The van der Waals surface area contributed by atoms with Gasteiger partial charge in [-0.1, -0.05) is 0 Å². The molecule has 0 fully saturated rings. The van der Waals surface area contributed by atoms with Crippen molar-refractivity contribution >= 4 is 25.3 Å². The van der Waals surface area contributed by atoms with Gasteiger partial charge in [-0.3, -0.25) is 0 Å². The number of para-hydroxylation sites is 1. The molecule has 0 amide bonds. The van der Waals surface area contributed by atoms with Crippen LogP contribution >= 0.6 is 0 Å². The van der Waals surface area contributed by atoms with Gasteiger partial charge in [0.1, 0.15) is 0 Å². The maximum atomic E-state index is 8.85. The first-order chi connectivity index (χ1) is 7.86. The van der Waals surface area contributed by atoms with Crippen LogP contribution < -0.4 is 9.71 Å².